The van der Waals surface area contributed by atoms with Crippen molar-refractivity contribution < 1.29 is 24.1 Å². The number of carbonyl (C=O) groups is 1. The summed E-state index contributed by atoms with van der Waals surface area (Å²) >= 11 is 0. The molecule has 2 atom stereocenters. The molecule has 2 aromatic carbocycles. The van der Waals surface area contributed by atoms with Gasteiger partial charge in [0.25, 0.3) is 5.56 Å². The van der Waals surface area contributed by atoms with E-state index in [1.807, 2.05) is 4.57 Å². The van der Waals surface area contributed by atoms with Crippen molar-refractivity contribution in [3.05, 3.63) is 64.3 Å². The molecule has 36 heavy (non-hydrogen) atoms. The van der Waals surface area contributed by atoms with Gasteiger partial charge in [0, 0.05) is 36.4 Å². The van der Waals surface area contributed by atoms with Crippen molar-refractivity contribution in [3.63, 3.8) is 0 Å². The molecular formula is C29H30FNO5. The zero-order valence-electron chi connectivity index (χ0n) is 20.0. The molecule has 3 fully saturated rings. The van der Waals surface area contributed by atoms with E-state index in [0.717, 1.165) is 60.7 Å². The number of hydrogen-bond donors (Lipinski definition) is 2. The van der Waals surface area contributed by atoms with Crippen LogP contribution in [0, 0.1) is 23.6 Å². The highest BCUT2D eigenvalue weighted by molar-refractivity contribution is 5.98. The summed E-state index contributed by atoms with van der Waals surface area (Å²) in [5.41, 5.74) is 2.58. The predicted octanol–water partition coefficient (Wildman–Crippen LogP) is 5.47. The first-order valence-electron chi connectivity index (χ1n) is 12.9. The first kappa shape index (κ1) is 23.2. The number of carboxylic acids is 1. The lowest BCUT2D eigenvalue weighted by Gasteiger charge is -2.48. The molecule has 0 radical (unpaired) electrons. The number of aliphatic carboxylic acids is 1. The summed E-state index contributed by atoms with van der Waals surface area (Å²) in [5.74, 6) is -0.688. The fourth-order valence-electron chi connectivity index (χ4n) is 6.67. The van der Waals surface area contributed by atoms with Crippen LogP contribution < -0.4 is 5.56 Å². The van der Waals surface area contributed by atoms with Gasteiger partial charge >= 0.3 is 5.97 Å². The number of carboxylic acid groups (broad SMARTS) is 1. The van der Waals surface area contributed by atoms with E-state index in [1.54, 1.807) is 24.3 Å². The number of benzene rings is 2. The second-order valence-corrected chi connectivity index (χ2v) is 10.6. The molecule has 0 amide bonds. The van der Waals surface area contributed by atoms with E-state index >= 15 is 0 Å². The van der Waals surface area contributed by atoms with E-state index in [0.29, 0.717) is 24.5 Å². The van der Waals surface area contributed by atoms with Gasteiger partial charge in [0.15, 0.2) is 0 Å². The number of phenols is 1. The van der Waals surface area contributed by atoms with Crippen molar-refractivity contribution >= 4 is 16.7 Å². The average molecular weight is 492 g/mol. The summed E-state index contributed by atoms with van der Waals surface area (Å²) in [6, 6.07) is 11.3. The van der Waals surface area contributed by atoms with Crippen molar-refractivity contribution in [1.82, 2.24) is 4.57 Å². The predicted molar refractivity (Wildman–Crippen MR) is 134 cm³/mol. The highest BCUT2D eigenvalue weighted by Crippen LogP contribution is 2.53. The van der Waals surface area contributed by atoms with Gasteiger partial charge in [-0.3, -0.25) is 9.59 Å². The Morgan fingerprint density at radius 1 is 0.972 bits per heavy atom. The quantitative estimate of drug-likeness (QED) is 0.494. The minimum absolute atomic E-state index is 0.0265. The van der Waals surface area contributed by atoms with Crippen molar-refractivity contribution in [1.29, 1.82) is 0 Å². The molecule has 1 aromatic heterocycles. The second kappa shape index (κ2) is 9.04. The summed E-state index contributed by atoms with van der Waals surface area (Å²) in [6.07, 6.45) is 4.80. The van der Waals surface area contributed by atoms with Gasteiger partial charge in [-0.05, 0) is 91.6 Å². The van der Waals surface area contributed by atoms with Crippen LogP contribution in [0.4, 0.5) is 4.39 Å². The van der Waals surface area contributed by atoms with E-state index in [-0.39, 0.29) is 40.9 Å². The monoisotopic (exact) mass is 491 g/mol. The van der Waals surface area contributed by atoms with Crippen LogP contribution in [0.1, 0.15) is 56.2 Å². The molecule has 0 spiro atoms. The minimum atomic E-state index is -0.713. The van der Waals surface area contributed by atoms with Crippen LogP contribution in [0.3, 0.4) is 0 Å². The molecule has 1 aliphatic heterocycles. The van der Waals surface area contributed by atoms with Crippen LogP contribution in [-0.2, 0) is 9.53 Å². The second-order valence-electron chi connectivity index (χ2n) is 10.6. The zero-order valence-corrected chi connectivity index (χ0v) is 20.0. The van der Waals surface area contributed by atoms with Crippen LogP contribution in [0.15, 0.2) is 47.3 Å². The SMILES string of the molecule is O=C(O)[C@@H]1CCC1C1CC(n2c(C3CCOCC3)c(-c3ccc(F)cc3)c3ccc(O)cc3c2=O)C1. The Kier molecular flexibility index (Phi) is 5.83. The summed E-state index contributed by atoms with van der Waals surface area (Å²) in [4.78, 5) is 25.6. The van der Waals surface area contributed by atoms with Crippen LogP contribution >= 0.6 is 0 Å². The van der Waals surface area contributed by atoms with Crippen molar-refractivity contribution in [3.8, 4) is 16.9 Å². The molecule has 2 saturated carbocycles. The number of hydrogen-bond acceptors (Lipinski definition) is 4. The Labute approximate surface area is 208 Å². The number of halogens is 1. The Morgan fingerprint density at radius 3 is 2.33 bits per heavy atom. The molecule has 7 heteroatoms. The molecule has 188 valence electrons. The highest BCUT2D eigenvalue weighted by Gasteiger charge is 2.47. The van der Waals surface area contributed by atoms with Gasteiger partial charge in [0.05, 0.1) is 11.3 Å². The van der Waals surface area contributed by atoms with Crippen molar-refractivity contribution in [2.24, 2.45) is 17.8 Å². The number of aromatic nitrogens is 1. The molecule has 1 saturated heterocycles. The Morgan fingerprint density at radius 2 is 1.69 bits per heavy atom. The van der Waals surface area contributed by atoms with Crippen LogP contribution in [0.25, 0.3) is 21.9 Å². The largest absolute Gasteiger partial charge is 0.508 e. The number of phenolic OH excluding ortho intramolecular Hbond substituents is 1. The fourth-order valence-corrected chi connectivity index (χ4v) is 6.67. The van der Waals surface area contributed by atoms with Gasteiger partial charge in [-0.1, -0.05) is 12.1 Å². The van der Waals surface area contributed by atoms with Gasteiger partial charge < -0.3 is 19.5 Å². The number of rotatable bonds is 5. The lowest BCUT2D eigenvalue weighted by molar-refractivity contribution is -0.151. The normalized spacial score (nSPS) is 26.4. The Bertz CT molecular complexity index is 1370. The van der Waals surface area contributed by atoms with Crippen molar-refractivity contribution in [2.45, 2.75) is 50.5 Å². The molecule has 6 rings (SSSR count). The van der Waals surface area contributed by atoms with E-state index in [9.17, 15) is 24.2 Å². The van der Waals surface area contributed by atoms with Gasteiger partial charge in [0.2, 0.25) is 0 Å². The molecule has 3 aromatic rings. The van der Waals surface area contributed by atoms with Crippen LogP contribution in [0.5, 0.6) is 5.75 Å². The maximum atomic E-state index is 14.0. The number of fused-ring (bicyclic) bond motifs is 1. The highest BCUT2D eigenvalue weighted by atomic mass is 19.1. The summed E-state index contributed by atoms with van der Waals surface area (Å²) in [6.45, 7) is 1.23. The molecule has 6 nitrogen and oxygen atoms in total. The summed E-state index contributed by atoms with van der Waals surface area (Å²) in [5, 5.41) is 21.0. The first-order chi connectivity index (χ1) is 17.4. The molecule has 2 N–H and O–H groups in total. The smallest absolute Gasteiger partial charge is 0.306 e. The lowest BCUT2D eigenvalue weighted by atomic mass is 9.59. The molecule has 3 aliphatic rings. The average Bonchev–Trinajstić information content (AvgIpc) is 2.82. The fraction of sp³-hybridized carbons (Fsp3) is 0.448. The number of ether oxygens (including phenoxy) is 1. The molecule has 1 unspecified atom stereocenters. The third-order valence-electron chi connectivity index (χ3n) is 8.74. The summed E-state index contributed by atoms with van der Waals surface area (Å²) in [7, 11) is 0. The zero-order chi connectivity index (χ0) is 25.0. The maximum Gasteiger partial charge on any atom is 0.306 e. The number of nitrogens with zero attached hydrogens (tertiary/aromatic N) is 1. The van der Waals surface area contributed by atoms with E-state index in [1.165, 1.54) is 18.2 Å². The van der Waals surface area contributed by atoms with Crippen molar-refractivity contribution in [2.75, 3.05) is 13.2 Å². The standard InChI is InChI=1S/C29H30FNO5/c30-19-3-1-16(2-4-19)26-23-6-5-21(32)15-25(23)28(33)31(27(26)17-9-11-36-12-10-17)20-13-18(14-20)22-7-8-24(22)29(34)35/h1-6,15,17-18,20,22,24,32H,7-14H2,(H,34,35)/t18?,20?,22?,24-/m1/s1. The van der Waals surface area contributed by atoms with Gasteiger partial charge in [-0.25, -0.2) is 4.39 Å². The molecule has 2 aliphatic carbocycles. The minimum Gasteiger partial charge on any atom is -0.508 e. The molecular weight excluding hydrogens is 461 g/mol. The van der Waals surface area contributed by atoms with E-state index in [2.05, 4.69) is 0 Å². The number of pyridine rings is 1. The Balaban J connectivity index is 1.52. The third-order valence-corrected chi connectivity index (χ3v) is 8.74. The summed E-state index contributed by atoms with van der Waals surface area (Å²) < 4.78 is 21.4. The van der Waals surface area contributed by atoms with Crippen LogP contribution in [-0.4, -0.2) is 34.0 Å². The molecule has 0 bridgehead atoms. The molecule has 2 heterocycles. The van der Waals surface area contributed by atoms with E-state index in [4.69, 9.17) is 4.74 Å². The van der Waals surface area contributed by atoms with Gasteiger partial charge in [-0.2, -0.15) is 0 Å². The van der Waals surface area contributed by atoms with E-state index < -0.39 is 5.97 Å². The van der Waals surface area contributed by atoms with Crippen LogP contribution in [0.2, 0.25) is 0 Å². The first-order valence-corrected chi connectivity index (χ1v) is 12.9. The third kappa shape index (κ3) is 3.81. The lowest BCUT2D eigenvalue weighted by Crippen LogP contribution is -2.45. The number of aromatic hydroxyl groups is 1. The van der Waals surface area contributed by atoms with Gasteiger partial charge in [0.1, 0.15) is 11.6 Å². The van der Waals surface area contributed by atoms with Gasteiger partial charge in [-0.15, -0.1) is 0 Å². The maximum absolute atomic E-state index is 14.0. The Hall–Kier alpha value is -3.19. The topological polar surface area (TPSA) is 88.8 Å².